The van der Waals surface area contributed by atoms with Crippen LogP contribution in [0.5, 0.6) is 0 Å². The minimum absolute atomic E-state index is 0.0116. The Kier molecular flexibility index (Phi) is 5.61. The molecule has 1 N–H and O–H groups in total. The van der Waals surface area contributed by atoms with E-state index in [2.05, 4.69) is 12.2 Å². The first-order valence-electron chi connectivity index (χ1n) is 6.98. The topological polar surface area (TPSA) is 21.3 Å². The molecule has 0 amide bonds. The van der Waals surface area contributed by atoms with Gasteiger partial charge in [-0.2, -0.15) is 0 Å². The van der Waals surface area contributed by atoms with Crippen molar-refractivity contribution < 1.29 is 9.13 Å². The van der Waals surface area contributed by atoms with E-state index >= 15 is 0 Å². The molecule has 2 rings (SSSR count). The van der Waals surface area contributed by atoms with Crippen LogP contribution in [0.15, 0.2) is 18.2 Å². The van der Waals surface area contributed by atoms with Crippen molar-refractivity contribution in [3.05, 3.63) is 34.6 Å². The van der Waals surface area contributed by atoms with Crippen LogP contribution >= 0.6 is 11.6 Å². The van der Waals surface area contributed by atoms with Crippen molar-refractivity contribution in [2.45, 2.75) is 32.2 Å². The fraction of sp³-hybridized carbons (Fsp3) is 0.600. The van der Waals surface area contributed by atoms with E-state index in [0.717, 1.165) is 32.4 Å². The SMILES string of the molecule is CCCNC(c1ccc(Cl)cc1F)C1CCCOC1. The highest BCUT2D eigenvalue weighted by Crippen LogP contribution is 2.31. The molecule has 0 spiro atoms. The fourth-order valence-electron chi connectivity index (χ4n) is 2.61. The van der Waals surface area contributed by atoms with Crippen LogP contribution in [0.25, 0.3) is 0 Å². The Morgan fingerprint density at radius 3 is 3.00 bits per heavy atom. The Bertz CT molecular complexity index is 407. The second kappa shape index (κ2) is 7.22. The van der Waals surface area contributed by atoms with Gasteiger partial charge in [-0.25, -0.2) is 4.39 Å². The molecular weight excluding hydrogens is 265 g/mol. The van der Waals surface area contributed by atoms with Gasteiger partial charge < -0.3 is 10.1 Å². The summed E-state index contributed by atoms with van der Waals surface area (Å²) in [4.78, 5) is 0. The van der Waals surface area contributed by atoms with Gasteiger partial charge in [0, 0.05) is 29.2 Å². The molecule has 2 nitrogen and oxygen atoms in total. The Morgan fingerprint density at radius 2 is 2.37 bits per heavy atom. The fourth-order valence-corrected chi connectivity index (χ4v) is 2.77. The Hall–Kier alpha value is -0.640. The Balaban J connectivity index is 2.19. The molecule has 1 aromatic carbocycles. The summed E-state index contributed by atoms with van der Waals surface area (Å²) in [6, 6.07) is 4.95. The van der Waals surface area contributed by atoms with Gasteiger partial charge in [0.2, 0.25) is 0 Å². The van der Waals surface area contributed by atoms with E-state index in [1.165, 1.54) is 6.07 Å². The van der Waals surface area contributed by atoms with Gasteiger partial charge in [0.25, 0.3) is 0 Å². The largest absolute Gasteiger partial charge is 0.381 e. The van der Waals surface area contributed by atoms with Crippen molar-refractivity contribution in [3.8, 4) is 0 Å². The molecule has 0 saturated carbocycles. The molecule has 19 heavy (non-hydrogen) atoms. The number of halogens is 2. The van der Waals surface area contributed by atoms with Crippen LogP contribution in [0.3, 0.4) is 0 Å². The van der Waals surface area contributed by atoms with E-state index in [4.69, 9.17) is 16.3 Å². The molecule has 4 heteroatoms. The zero-order valence-electron chi connectivity index (χ0n) is 11.3. The van der Waals surface area contributed by atoms with Crippen molar-refractivity contribution in [1.29, 1.82) is 0 Å². The average Bonchev–Trinajstić information content (AvgIpc) is 2.42. The van der Waals surface area contributed by atoms with Crippen LogP contribution in [0.4, 0.5) is 4.39 Å². The van der Waals surface area contributed by atoms with E-state index in [0.29, 0.717) is 23.1 Å². The van der Waals surface area contributed by atoms with E-state index in [1.54, 1.807) is 12.1 Å². The van der Waals surface area contributed by atoms with Crippen molar-refractivity contribution in [2.24, 2.45) is 5.92 Å². The van der Waals surface area contributed by atoms with E-state index in [-0.39, 0.29) is 11.9 Å². The highest BCUT2D eigenvalue weighted by molar-refractivity contribution is 6.30. The van der Waals surface area contributed by atoms with E-state index < -0.39 is 0 Å². The van der Waals surface area contributed by atoms with E-state index in [9.17, 15) is 4.39 Å². The van der Waals surface area contributed by atoms with Gasteiger partial charge in [0.05, 0.1) is 6.61 Å². The highest BCUT2D eigenvalue weighted by Gasteiger charge is 2.27. The van der Waals surface area contributed by atoms with E-state index in [1.807, 2.05) is 0 Å². The third kappa shape index (κ3) is 3.91. The van der Waals surface area contributed by atoms with Gasteiger partial charge in [0.1, 0.15) is 5.82 Å². The summed E-state index contributed by atoms with van der Waals surface area (Å²) in [7, 11) is 0. The zero-order valence-corrected chi connectivity index (χ0v) is 12.0. The molecule has 0 bridgehead atoms. The summed E-state index contributed by atoms with van der Waals surface area (Å²) < 4.78 is 19.7. The van der Waals surface area contributed by atoms with Crippen LogP contribution in [0.1, 0.15) is 37.8 Å². The molecule has 0 aromatic heterocycles. The van der Waals surface area contributed by atoms with Gasteiger partial charge in [-0.05, 0) is 37.9 Å². The van der Waals surface area contributed by atoms with Gasteiger partial charge >= 0.3 is 0 Å². The smallest absolute Gasteiger partial charge is 0.129 e. The molecule has 106 valence electrons. The standard InChI is InChI=1S/C15H21ClFNO/c1-2-7-18-15(11-4-3-8-19-10-11)13-6-5-12(16)9-14(13)17/h5-6,9,11,15,18H,2-4,7-8,10H2,1H3. The lowest BCUT2D eigenvalue weighted by Crippen LogP contribution is -2.34. The maximum atomic E-state index is 14.1. The molecule has 1 fully saturated rings. The second-order valence-corrected chi connectivity index (χ2v) is 5.51. The molecule has 2 atom stereocenters. The summed E-state index contributed by atoms with van der Waals surface area (Å²) in [5, 5.41) is 3.89. The third-order valence-corrected chi connectivity index (χ3v) is 3.81. The molecule has 1 aliphatic heterocycles. The van der Waals surface area contributed by atoms with Crippen molar-refractivity contribution in [1.82, 2.24) is 5.32 Å². The lowest BCUT2D eigenvalue weighted by molar-refractivity contribution is 0.0385. The number of hydrogen-bond acceptors (Lipinski definition) is 2. The summed E-state index contributed by atoms with van der Waals surface area (Å²) >= 11 is 5.83. The second-order valence-electron chi connectivity index (χ2n) is 5.07. The van der Waals surface area contributed by atoms with Crippen LogP contribution in [-0.2, 0) is 4.74 Å². The Morgan fingerprint density at radius 1 is 1.53 bits per heavy atom. The van der Waals surface area contributed by atoms with Crippen LogP contribution in [0, 0.1) is 11.7 Å². The summed E-state index contributed by atoms with van der Waals surface area (Å²) in [5.41, 5.74) is 0.702. The molecule has 1 aliphatic rings. The summed E-state index contributed by atoms with van der Waals surface area (Å²) in [6.45, 7) is 4.51. The molecule has 1 heterocycles. The first-order valence-corrected chi connectivity index (χ1v) is 7.36. The maximum Gasteiger partial charge on any atom is 0.129 e. The average molecular weight is 286 g/mol. The van der Waals surface area contributed by atoms with Gasteiger partial charge in [-0.15, -0.1) is 0 Å². The number of benzene rings is 1. The Labute approximate surface area is 119 Å². The first kappa shape index (κ1) is 14.8. The zero-order chi connectivity index (χ0) is 13.7. The predicted octanol–water partition coefficient (Wildman–Crippen LogP) is 3.95. The molecule has 1 aromatic rings. The third-order valence-electron chi connectivity index (χ3n) is 3.58. The quantitative estimate of drug-likeness (QED) is 0.884. The molecular formula is C15H21ClFNO. The molecule has 0 radical (unpaired) electrons. The minimum atomic E-state index is -0.230. The van der Waals surface area contributed by atoms with Gasteiger partial charge in [-0.3, -0.25) is 0 Å². The first-order chi connectivity index (χ1) is 9.22. The number of ether oxygens (including phenoxy) is 1. The molecule has 0 aliphatic carbocycles. The van der Waals surface area contributed by atoms with Gasteiger partial charge in [-0.1, -0.05) is 24.6 Å². The molecule has 2 unspecified atom stereocenters. The lowest BCUT2D eigenvalue weighted by atomic mass is 9.88. The predicted molar refractivity (Wildman–Crippen MR) is 76.0 cm³/mol. The number of nitrogens with one attached hydrogen (secondary N) is 1. The van der Waals surface area contributed by atoms with Crippen molar-refractivity contribution in [2.75, 3.05) is 19.8 Å². The highest BCUT2D eigenvalue weighted by atomic mass is 35.5. The summed E-state index contributed by atoms with van der Waals surface area (Å²) in [5.74, 6) is 0.0997. The van der Waals surface area contributed by atoms with Crippen LogP contribution in [-0.4, -0.2) is 19.8 Å². The monoisotopic (exact) mass is 285 g/mol. The maximum absolute atomic E-state index is 14.1. The number of rotatable bonds is 5. The van der Waals surface area contributed by atoms with Crippen LogP contribution in [0.2, 0.25) is 5.02 Å². The summed E-state index contributed by atoms with van der Waals surface area (Å²) in [6.07, 6.45) is 3.15. The van der Waals surface area contributed by atoms with Crippen molar-refractivity contribution >= 4 is 11.6 Å². The minimum Gasteiger partial charge on any atom is -0.381 e. The molecule has 1 saturated heterocycles. The van der Waals surface area contributed by atoms with Crippen molar-refractivity contribution in [3.63, 3.8) is 0 Å². The normalized spacial score (nSPS) is 21.3. The number of hydrogen-bond donors (Lipinski definition) is 1. The lowest BCUT2D eigenvalue weighted by Gasteiger charge is -2.31. The van der Waals surface area contributed by atoms with Gasteiger partial charge in [0.15, 0.2) is 0 Å². The van der Waals surface area contributed by atoms with Crippen LogP contribution < -0.4 is 5.32 Å².